The zero-order chi connectivity index (χ0) is 14.1. The maximum Gasteiger partial charge on any atom is 0.123 e. The van der Waals surface area contributed by atoms with Crippen LogP contribution in [0.25, 0.3) is 10.9 Å². The molecule has 0 aliphatic rings. The highest BCUT2D eigenvalue weighted by Gasteiger charge is 2.08. The van der Waals surface area contributed by atoms with E-state index in [0.29, 0.717) is 13.1 Å². The van der Waals surface area contributed by atoms with Gasteiger partial charge in [0.2, 0.25) is 0 Å². The molecule has 0 amide bonds. The molecule has 1 heterocycles. The SMILES string of the molecule is Cc1cn(Cc2cc(F)ccc2CN)c2ccccc12. The van der Waals surface area contributed by atoms with E-state index in [9.17, 15) is 4.39 Å². The minimum absolute atomic E-state index is 0.217. The maximum absolute atomic E-state index is 13.5. The molecule has 20 heavy (non-hydrogen) atoms. The second kappa shape index (κ2) is 5.10. The molecule has 102 valence electrons. The van der Waals surface area contributed by atoms with E-state index >= 15 is 0 Å². The van der Waals surface area contributed by atoms with Crippen molar-refractivity contribution in [3.8, 4) is 0 Å². The van der Waals surface area contributed by atoms with Gasteiger partial charge in [-0.05, 0) is 41.8 Å². The first-order valence-electron chi connectivity index (χ1n) is 6.71. The van der Waals surface area contributed by atoms with Gasteiger partial charge in [-0.2, -0.15) is 0 Å². The Morgan fingerprint density at radius 3 is 2.70 bits per heavy atom. The first kappa shape index (κ1) is 12.9. The summed E-state index contributed by atoms with van der Waals surface area (Å²) in [4.78, 5) is 0. The van der Waals surface area contributed by atoms with Crippen LogP contribution in [0.3, 0.4) is 0 Å². The van der Waals surface area contributed by atoms with Crippen molar-refractivity contribution in [1.29, 1.82) is 0 Å². The van der Waals surface area contributed by atoms with Crippen molar-refractivity contribution < 1.29 is 4.39 Å². The van der Waals surface area contributed by atoms with E-state index in [1.807, 2.05) is 12.1 Å². The molecule has 2 N–H and O–H groups in total. The Balaban J connectivity index is 2.08. The lowest BCUT2D eigenvalue weighted by atomic mass is 10.1. The topological polar surface area (TPSA) is 30.9 Å². The molecular weight excluding hydrogens is 251 g/mol. The Labute approximate surface area is 117 Å². The molecule has 2 aromatic carbocycles. The third-order valence-electron chi connectivity index (χ3n) is 3.72. The van der Waals surface area contributed by atoms with Gasteiger partial charge in [-0.15, -0.1) is 0 Å². The summed E-state index contributed by atoms with van der Waals surface area (Å²) in [6.45, 7) is 3.15. The molecule has 3 rings (SSSR count). The summed E-state index contributed by atoms with van der Waals surface area (Å²) in [5.74, 6) is -0.217. The van der Waals surface area contributed by atoms with Gasteiger partial charge in [0.15, 0.2) is 0 Å². The summed E-state index contributed by atoms with van der Waals surface area (Å²) in [5, 5.41) is 1.23. The second-order valence-electron chi connectivity index (χ2n) is 5.07. The molecule has 0 atom stereocenters. The number of rotatable bonds is 3. The quantitative estimate of drug-likeness (QED) is 0.773. The van der Waals surface area contributed by atoms with Gasteiger partial charge in [0.05, 0.1) is 0 Å². The van der Waals surface area contributed by atoms with Crippen LogP contribution < -0.4 is 5.73 Å². The largest absolute Gasteiger partial charge is 0.343 e. The standard InChI is InChI=1S/C17H17FN2/c1-12-10-20(17-5-3-2-4-16(12)17)11-14-8-15(18)7-6-13(14)9-19/h2-8,10H,9,11,19H2,1H3. The average molecular weight is 268 g/mol. The van der Waals surface area contributed by atoms with Crippen molar-refractivity contribution >= 4 is 10.9 Å². The summed E-state index contributed by atoms with van der Waals surface area (Å²) in [5.41, 5.74) is 10.1. The molecule has 0 spiro atoms. The van der Waals surface area contributed by atoms with E-state index in [2.05, 4.69) is 29.8 Å². The number of benzene rings is 2. The van der Waals surface area contributed by atoms with Gasteiger partial charge in [0.1, 0.15) is 5.82 Å². The number of nitrogens with zero attached hydrogens (tertiary/aromatic N) is 1. The summed E-state index contributed by atoms with van der Waals surface area (Å²) in [6, 6.07) is 13.1. The summed E-state index contributed by atoms with van der Waals surface area (Å²) >= 11 is 0. The number of hydrogen-bond donors (Lipinski definition) is 1. The molecule has 0 fully saturated rings. The molecule has 0 bridgehead atoms. The third-order valence-corrected chi connectivity index (χ3v) is 3.72. The van der Waals surface area contributed by atoms with Gasteiger partial charge in [0, 0.05) is 30.2 Å². The molecule has 0 saturated carbocycles. The van der Waals surface area contributed by atoms with Crippen molar-refractivity contribution in [3.05, 3.63) is 71.2 Å². The lowest BCUT2D eigenvalue weighted by molar-refractivity contribution is 0.622. The van der Waals surface area contributed by atoms with E-state index in [4.69, 9.17) is 5.73 Å². The van der Waals surface area contributed by atoms with Crippen LogP contribution in [0.15, 0.2) is 48.7 Å². The third kappa shape index (κ3) is 2.21. The number of aromatic nitrogens is 1. The molecule has 0 radical (unpaired) electrons. The van der Waals surface area contributed by atoms with Gasteiger partial charge in [-0.1, -0.05) is 24.3 Å². The molecule has 0 saturated heterocycles. The Kier molecular flexibility index (Phi) is 3.28. The van der Waals surface area contributed by atoms with Crippen molar-refractivity contribution in [2.75, 3.05) is 0 Å². The van der Waals surface area contributed by atoms with Gasteiger partial charge in [-0.3, -0.25) is 0 Å². The number of fused-ring (bicyclic) bond motifs is 1. The van der Waals surface area contributed by atoms with Crippen LogP contribution in [0.4, 0.5) is 4.39 Å². The number of nitrogens with two attached hydrogens (primary N) is 1. The predicted octanol–water partition coefficient (Wildman–Crippen LogP) is 3.60. The fourth-order valence-electron chi connectivity index (χ4n) is 2.69. The first-order chi connectivity index (χ1) is 9.69. The van der Waals surface area contributed by atoms with Crippen molar-refractivity contribution in [2.24, 2.45) is 5.73 Å². The zero-order valence-electron chi connectivity index (χ0n) is 11.4. The molecular formula is C17H17FN2. The van der Waals surface area contributed by atoms with Crippen molar-refractivity contribution in [1.82, 2.24) is 4.57 Å². The van der Waals surface area contributed by atoms with Crippen LogP contribution in [0, 0.1) is 12.7 Å². The highest BCUT2D eigenvalue weighted by molar-refractivity contribution is 5.83. The monoisotopic (exact) mass is 268 g/mol. The number of para-hydroxylation sites is 1. The molecule has 3 aromatic rings. The normalized spacial score (nSPS) is 11.2. The Morgan fingerprint density at radius 2 is 1.90 bits per heavy atom. The van der Waals surface area contributed by atoms with Crippen LogP contribution in [-0.4, -0.2) is 4.57 Å². The zero-order valence-corrected chi connectivity index (χ0v) is 11.4. The highest BCUT2D eigenvalue weighted by atomic mass is 19.1. The van der Waals surface area contributed by atoms with E-state index < -0.39 is 0 Å². The van der Waals surface area contributed by atoms with E-state index in [-0.39, 0.29) is 5.82 Å². The minimum Gasteiger partial charge on any atom is -0.343 e. The van der Waals surface area contributed by atoms with Gasteiger partial charge >= 0.3 is 0 Å². The van der Waals surface area contributed by atoms with Crippen LogP contribution in [0.2, 0.25) is 0 Å². The molecule has 0 aliphatic heterocycles. The second-order valence-corrected chi connectivity index (χ2v) is 5.07. The number of hydrogen-bond acceptors (Lipinski definition) is 1. The molecule has 0 unspecified atom stereocenters. The maximum atomic E-state index is 13.5. The average Bonchev–Trinajstić information content (AvgIpc) is 2.76. The highest BCUT2D eigenvalue weighted by Crippen LogP contribution is 2.22. The lowest BCUT2D eigenvalue weighted by Gasteiger charge is -2.10. The number of halogens is 1. The molecule has 3 heteroatoms. The first-order valence-corrected chi connectivity index (χ1v) is 6.71. The van der Waals surface area contributed by atoms with E-state index in [0.717, 1.165) is 16.6 Å². The van der Waals surface area contributed by atoms with Gasteiger partial charge in [-0.25, -0.2) is 4.39 Å². The summed E-state index contributed by atoms with van der Waals surface area (Å²) in [7, 11) is 0. The van der Waals surface area contributed by atoms with E-state index in [1.54, 1.807) is 12.1 Å². The summed E-state index contributed by atoms with van der Waals surface area (Å²) in [6.07, 6.45) is 2.11. The van der Waals surface area contributed by atoms with Crippen LogP contribution in [0.5, 0.6) is 0 Å². The van der Waals surface area contributed by atoms with Crippen LogP contribution in [0.1, 0.15) is 16.7 Å². The Morgan fingerprint density at radius 1 is 1.10 bits per heavy atom. The summed E-state index contributed by atoms with van der Waals surface area (Å²) < 4.78 is 15.6. The minimum atomic E-state index is -0.217. The van der Waals surface area contributed by atoms with E-state index in [1.165, 1.54) is 17.0 Å². The van der Waals surface area contributed by atoms with Crippen LogP contribution >= 0.6 is 0 Å². The Bertz CT molecular complexity index is 759. The van der Waals surface area contributed by atoms with Crippen molar-refractivity contribution in [2.45, 2.75) is 20.0 Å². The molecule has 1 aromatic heterocycles. The van der Waals surface area contributed by atoms with Gasteiger partial charge < -0.3 is 10.3 Å². The van der Waals surface area contributed by atoms with Crippen LogP contribution in [-0.2, 0) is 13.1 Å². The molecule has 0 aliphatic carbocycles. The fourth-order valence-corrected chi connectivity index (χ4v) is 2.69. The number of aryl methyl sites for hydroxylation is 1. The lowest BCUT2D eigenvalue weighted by Crippen LogP contribution is -2.06. The molecule has 2 nitrogen and oxygen atoms in total. The van der Waals surface area contributed by atoms with Crippen molar-refractivity contribution in [3.63, 3.8) is 0 Å². The Hall–Kier alpha value is -2.13. The predicted molar refractivity (Wildman–Crippen MR) is 80.1 cm³/mol. The fraction of sp³-hybridized carbons (Fsp3) is 0.176. The smallest absolute Gasteiger partial charge is 0.123 e. The van der Waals surface area contributed by atoms with Gasteiger partial charge in [0.25, 0.3) is 0 Å².